The van der Waals surface area contributed by atoms with Crippen molar-refractivity contribution in [3.63, 3.8) is 0 Å². The van der Waals surface area contributed by atoms with E-state index in [-0.39, 0.29) is 9.49 Å². The van der Waals surface area contributed by atoms with Crippen molar-refractivity contribution in [3.05, 3.63) is 29.8 Å². The zero-order valence-electron chi connectivity index (χ0n) is 12.7. The molecule has 0 N–H and O–H groups in total. The van der Waals surface area contributed by atoms with Gasteiger partial charge in [0, 0.05) is 6.42 Å². The lowest BCUT2D eigenvalue weighted by molar-refractivity contribution is -0.122. The van der Waals surface area contributed by atoms with Gasteiger partial charge in [0.25, 0.3) is 0 Å². The molecule has 0 unspecified atom stereocenters. The number of Topliss-reactive ketones (excluding diaryl/α,β-unsaturated/α-hetero) is 1. The highest BCUT2D eigenvalue weighted by molar-refractivity contribution is 8.19. The molecule has 0 bridgehead atoms. The number of ether oxygens (including phenoxy) is 1. The van der Waals surface area contributed by atoms with Crippen LogP contribution >= 0.6 is 23.5 Å². The average molecular weight is 322 g/mol. The number of ketones is 1. The Balaban J connectivity index is 1.83. The van der Waals surface area contributed by atoms with Gasteiger partial charge in [-0.25, -0.2) is 0 Å². The summed E-state index contributed by atoms with van der Waals surface area (Å²) in [7, 11) is 1.69. The Kier molecular flexibility index (Phi) is 4.28. The van der Waals surface area contributed by atoms with Crippen LogP contribution in [0.25, 0.3) is 0 Å². The molecule has 1 spiro atoms. The number of benzene rings is 1. The van der Waals surface area contributed by atoms with Crippen molar-refractivity contribution in [2.45, 2.75) is 42.1 Å². The van der Waals surface area contributed by atoms with Gasteiger partial charge in [-0.3, -0.25) is 4.79 Å². The van der Waals surface area contributed by atoms with Crippen molar-refractivity contribution in [2.75, 3.05) is 18.6 Å². The molecule has 1 aliphatic heterocycles. The van der Waals surface area contributed by atoms with Crippen LogP contribution in [0.2, 0.25) is 0 Å². The Morgan fingerprint density at radius 3 is 2.62 bits per heavy atom. The molecule has 3 rings (SSSR count). The normalized spacial score (nSPS) is 28.6. The van der Waals surface area contributed by atoms with Gasteiger partial charge in [0.1, 0.15) is 9.83 Å². The van der Waals surface area contributed by atoms with Crippen molar-refractivity contribution in [1.82, 2.24) is 0 Å². The minimum atomic E-state index is -0.142. The topological polar surface area (TPSA) is 26.3 Å². The molecule has 1 saturated carbocycles. The monoisotopic (exact) mass is 322 g/mol. The maximum absolute atomic E-state index is 12.8. The lowest BCUT2D eigenvalue weighted by Gasteiger charge is -2.44. The van der Waals surface area contributed by atoms with Gasteiger partial charge in [-0.2, -0.15) is 0 Å². The minimum Gasteiger partial charge on any atom is -0.497 e. The summed E-state index contributed by atoms with van der Waals surface area (Å²) in [5.74, 6) is 3.58. The van der Waals surface area contributed by atoms with Gasteiger partial charge in [-0.1, -0.05) is 19.1 Å². The molecule has 1 saturated heterocycles. The maximum Gasteiger partial charge on any atom is 0.159 e. The molecule has 1 aromatic rings. The smallest absolute Gasteiger partial charge is 0.159 e. The molecular weight excluding hydrogens is 300 g/mol. The van der Waals surface area contributed by atoms with Gasteiger partial charge in [-0.05, 0) is 53.9 Å². The van der Waals surface area contributed by atoms with Gasteiger partial charge in [0.05, 0.1) is 7.11 Å². The summed E-state index contributed by atoms with van der Waals surface area (Å²) in [4.78, 5) is 12.8. The third kappa shape index (κ3) is 2.85. The second-order valence-corrected chi connectivity index (χ2v) is 9.24. The van der Waals surface area contributed by atoms with Crippen LogP contribution in [0.5, 0.6) is 5.75 Å². The minimum absolute atomic E-state index is 0.0462. The molecule has 2 fully saturated rings. The molecule has 4 heteroatoms. The van der Waals surface area contributed by atoms with Crippen LogP contribution in [0.1, 0.15) is 38.2 Å². The quantitative estimate of drug-likeness (QED) is 0.812. The molecule has 0 aromatic heterocycles. The summed E-state index contributed by atoms with van der Waals surface area (Å²) >= 11 is 3.77. The number of thioether (sulfide) groups is 2. The van der Waals surface area contributed by atoms with Crippen molar-refractivity contribution >= 4 is 29.3 Å². The summed E-state index contributed by atoms with van der Waals surface area (Å²) in [5.41, 5.74) is 1.19. The van der Waals surface area contributed by atoms with Gasteiger partial charge in [0.2, 0.25) is 0 Å². The largest absolute Gasteiger partial charge is 0.497 e. The fourth-order valence-corrected chi connectivity index (χ4v) is 6.49. The molecule has 2 aliphatic rings. The van der Waals surface area contributed by atoms with Crippen LogP contribution in [-0.4, -0.2) is 28.5 Å². The van der Waals surface area contributed by atoms with Crippen LogP contribution in [-0.2, 0) is 10.2 Å². The molecule has 1 aromatic carbocycles. The van der Waals surface area contributed by atoms with Crippen LogP contribution in [0.3, 0.4) is 0 Å². The Morgan fingerprint density at radius 1 is 1.19 bits per heavy atom. The van der Waals surface area contributed by atoms with Crippen LogP contribution in [0.4, 0.5) is 0 Å². The number of hydrogen-bond acceptors (Lipinski definition) is 4. The molecule has 1 atom stereocenters. The first kappa shape index (κ1) is 15.3. The Morgan fingerprint density at radius 2 is 1.95 bits per heavy atom. The van der Waals surface area contributed by atoms with Crippen molar-refractivity contribution in [1.29, 1.82) is 0 Å². The first-order valence-corrected chi connectivity index (χ1v) is 9.51. The van der Waals surface area contributed by atoms with E-state index in [9.17, 15) is 4.79 Å². The van der Waals surface area contributed by atoms with Gasteiger partial charge in [-0.15, -0.1) is 23.5 Å². The van der Waals surface area contributed by atoms with E-state index in [1.165, 1.54) is 12.0 Å². The zero-order chi connectivity index (χ0) is 14.9. The standard InChI is InChI=1S/C17H22O2S2/c1-16(13-5-3-6-14(11-13)19-2)7-8-17(15(18)12-16)20-9-4-10-21-17/h3,5-6,11H,4,7-10,12H2,1-2H3/t16-/m1/s1. The summed E-state index contributed by atoms with van der Waals surface area (Å²) in [6.45, 7) is 2.23. The molecule has 0 radical (unpaired) electrons. The summed E-state index contributed by atoms with van der Waals surface area (Å²) < 4.78 is 5.19. The van der Waals surface area contributed by atoms with Gasteiger partial charge < -0.3 is 4.74 Å². The molecule has 2 nitrogen and oxygen atoms in total. The number of hydrogen-bond donors (Lipinski definition) is 0. The summed E-state index contributed by atoms with van der Waals surface area (Å²) in [6.07, 6.45) is 3.96. The second-order valence-electron chi connectivity index (χ2n) is 6.20. The first-order valence-electron chi connectivity index (χ1n) is 7.54. The molecule has 0 amide bonds. The fourth-order valence-electron chi connectivity index (χ4n) is 3.28. The highest BCUT2D eigenvalue weighted by atomic mass is 32.2. The van der Waals surface area contributed by atoms with Crippen molar-refractivity contribution in [3.8, 4) is 5.75 Å². The number of rotatable bonds is 2. The first-order chi connectivity index (χ1) is 10.1. The lowest BCUT2D eigenvalue weighted by Crippen LogP contribution is -2.45. The van der Waals surface area contributed by atoms with Crippen LogP contribution in [0.15, 0.2) is 24.3 Å². The van der Waals surface area contributed by atoms with E-state index in [0.717, 1.165) is 30.1 Å². The van der Waals surface area contributed by atoms with Crippen molar-refractivity contribution in [2.24, 2.45) is 0 Å². The Bertz CT molecular complexity index is 537. The van der Waals surface area contributed by atoms with E-state index in [4.69, 9.17) is 4.74 Å². The van der Waals surface area contributed by atoms with E-state index in [2.05, 4.69) is 19.1 Å². The van der Waals surface area contributed by atoms with E-state index >= 15 is 0 Å². The second kappa shape index (κ2) is 5.88. The lowest BCUT2D eigenvalue weighted by atomic mass is 9.70. The third-order valence-electron chi connectivity index (χ3n) is 4.71. The molecule has 1 aliphatic carbocycles. The maximum atomic E-state index is 12.8. The molecule has 21 heavy (non-hydrogen) atoms. The van der Waals surface area contributed by atoms with Crippen LogP contribution < -0.4 is 4.74 Å². The molecular formula is C17H22O2S2. The van der Waals surface area contributed by atoms with Gasteiger partial charge >= 0.3 is 0 Å². The number of carbonyl (C=O) groups excluding carboxylic acids is 1. The fraction of sp³-hybridized carbons (Fsp3) is 0.588. The van der Waals surface area contributed by atoms with Crippen LogP contribution in [0, 0.1) is 0 Å². The van der Waals surface area contributed by atoms with Gasteiger partial charge in [0.15, 0.2) is 5.78 Å². The highest BCUT2D eigenvalue weighted by Crippen LogP contribution is 2.54. The molecule has 114 valence electrons. The third-order valence-corrected chi connectivity index (χ3v) is 8.20. The Labute approximate surface area is 135 Å². The number of methoxy groups -OCH3 is 1. The highest BCUT2D eigenvalue weighted by Gasteiger charge is 2.49. The SMILES string of the molecule is COc1cccc([C@]2(C)CCC3(SCCCS3)C(=O)C2)c1. The predicted molar refractivity (Wildman–Crippen MR) is 91.5 cm³/mol. The zero-order valence-corrected chi connectivity index (χ0v) is 14.3. The number of carbonyl (C=O) groups is 1. The summed E-state index contributed by atoms with van der Waals surface area (Å²) in [5, 5.41) is 0. The van der Waals surface area contributed by atoms with E-state index < -0.39 is 0 Å². The Hall–Kier alpha value is -0.610. The average Bonchev–Trinajstić information content (AvgIpc) is 2.53. The van der Waals surface area contributed by atoms with E-state index in [1.807, 2.05) is 35.7 Å². The summed E-state index contributed by atoms with van der Waals surface area (Å²) in [6, 6.07) is 8.21. The van der Waals surface area contributed by atoms with Crippen molar-refractivity contribution < 1.29 is 9.53 Å². The predicted octanol–water partition coefficient (Wildman–Crippen LogP) is 4.27. The van der Waals surface area contributed by atoms with E-state index in [0.29, 0.717) is 12.2 Å². The van der Waals surface area contributed by atoms with E-state index in [1.54, 1.807) is 7.11 Å². The molecule has 1 heterocycles.